The number of carbonyl (C=O) groups is 2. The number of halogens is 3. The Labute approximate surface area is 259 Å². The second kappa shape index (κ2) is 14.0. The molecule has 3 heterocycles. The molecule has 0 unspecified atom stereocenters. The summed E-state index contributed by atoms with van der Waals surface area (Å²) < 4.78 is 60.2. The molecule has 0 aliphatic rings. The number of hydrogen-bond donors (Lipinski definition) is 3. The number of aromatic nitrogens is 5. The third-order valence-corrected chi connectivity index (χ3v) is 6.76. The van der Waals surface area contributed by atoms with Gasteiger partial charge in [-0.2, -0.15) is 23.3 Å². The smallest absolute Gasteiger partial charge is 0.435 e. The zero-order chi connectivity index (χ0) is 32.7. The number of nitrogens with zero attached hydrogens (tertiary/aromatic N) is 5. The summed E-state index contributed by atoms with van der Waals surface area (Å²) in [6.45, 7) is 1.44. The fourth-order valence-corrected chi connectivity index (χ4v) is 4.49. The average Bonchev–Trinajstić information content (AvgIpc) is 3.44. The first-order valence-electron chi connectivity index (χ1n) is 12.9. The number of carbonyl (C=O) groups excluding carboxylic acids is 2. The zero-order valence-electron chi connectivity index (χ0n) is 24.5. The van der Waals surface area contributed by atoms with Crippen molar-refractivity contribution in [3.63, 3.8) is 0 Å². The molecule has 0 aliphatic carbocycles. The van der Waals surface area contributed by atoms with Gasteiger partial charge in [0.05, 0.1) is 26.2 Å². The number of rotatable bonds is 12. The Morgan fingerprint density at radius 3 is 2.29 bits per heavy atom. The number of alkyl halides is 3. The van der Waals surface area contributed by atoms with Crippen LogP contribution in [0.25, 0.3) is 16.9 Å². The van der Waals surface area contributed by atoms with Gasteiger partial charge < -0.3 is 24.8 Å². The van der Waals surface area contributed by atoms with E-state index in [1.165, 1.54) is 52.9 Å². The van der Waals surface area contributed by atoms with Crippen LogP contribution in [-0.2, 0) is 11.0 Å². The fraction of sp³-hybridized carbons (Fsp3) is 0.214. The Bertz CT molecular complexity index is 1720. The average molecular weight is 645 g/mol. The van der Waals surface area contributed by atoms with E-state index >= 15 is 0 Å². The number of aryl methyl sites for hydroxylation is 1. The first kappa shape index (κ1) is 32.6. The van der Waals surface area contributed by atoms with Crippen LogP contribution in [0.5, 0.6) is 17.4 Å². The number of pyridine rings is 1. The van der Waals surface area contributed by atoms with Crippen molar-refractivity contribution >= 4 is 35.8 Å². The van der Waals surface area contributed by atoms with Crippen LogP contribution in [0, 0.1) is 6.92 Å². The molecule has 0 bridgehead atoms. The highest BCUT2D eigenvalue weighted by molar-refractivity contribution is 8.02. The molecule has 17 heteroatoms. The van der Waals surface area contributed by atoms with Gasteiger partial charge in [0.15, 0.2) is 17.8 Å². The minimum atomic E-state index is -4.71. The highest BCUT2D eigenvalue weighted by Gasteiger charge is 2.35. The van der Waals surface area contributed by atoms with E-state index in [0.29, 0.717) is 23.5 Å². The minimum absolute atomic E-state index is 0.0149. The van der Waals surface area contributed by atoms with Crippen LogP contribution in [0.1, 0.15) is 21.7 Å². The predicted molar refractivity (Wildman–Crippen MR) is 160 cm³/mol. The molecule has 3 N–H and O–H groups in total. The SMILES string of the molecule is CN/C=C(\C=O)SNC(=O)c1cc(-c2cnc(Nc3cc(OC)cc(OC)c3)nc2-n2nc(C(F)(F)F)cc2C)cnc1OC. The van der Waals surface area contributed by atoms with Gasteiger partial charge in [0.1, 0.15) is 17.1 Å². The molecule has 1 amide bonds. The molecule has 0 radical (unpaired) electrons. The number of aldehydes is 1. The summed E-state index contributed by atoms with van der Waals surface area (Å²) in [5, 5.41) is 9.46. The van der Waals surface area contributed by atoms with Gasteiger partial charge in [-0.3, -0.25) is 14.3 Å². The lowest BCUT2D eigenvalue weighted by Gasteiger charge is -2.15. The van der Waals surface area contributed by atoms with Gasteiger partial charge in [-0.1, -0.05) is 0 Å². The molecule has 0 atom stereocenters. The van der Waals surface area contributed by atoms with Crippen LogP contribution >= 0.6 is 11.9 Å². The summed E-state index contributed by atoms with van der Waals surface area (Å²) in [4.78, 5) is 37.6. The van der Waals surface area contributed by atoms with E-state index in [9.17, 15) is 22.8 Å². The van der Waals surface area contributed by atoms with Crippen LogP contribution in [0.15, 0.2) is 53.8 Å². The van der Waals surface area contributed by atoms with E-state index in [1.54, 1.807) is 25.2 Å². The van der Waals surface area contributed by atoms with E-state index < -0.39 is 17.8 Å². The van der Waals surface area contributed by atoms with Crippen LogP contribution < -0.4 is 29.6 Å². The molecule has 4 rings (SSSR count). The molecule has 236 valence electrons. The van der Waals surface area contributed by atoms with Gasteiger partial charge in [-0.15, -0.1) is 0 Å². The molecule has 3 aromatic heterocycles. The quantitative estimate of drug-likeness (QED) is 0.113. The molecule has 0 fully saturated rings. The van der Waals surface area contributed by atoms with Gasteiger partial charge in [0, 0.05) is 66.3 Å². The summed E-state index contributed by atoms with van der Waals surface area (Å²) in [6, 6.07) is 7.26. The molecule has 0 aliphatic heterocycles. The summed E-state index contributed by atoms with van der Waals surface area (Å²) in [5.41, 5.74) is -0.0822. The van der Waals surface area contributed by atoms with Gasteiger partial charge in [0.25, 0.3) is 5.91 Å². The Hall–Kier alpha value is -5.32. The van der Waals surface area contributed by atoms with Gasteiger partial charge in [0.2, 0.25) is 11.8 Å². The standard InChI is InChI=1S/C28H27F3N8O5S/c1-15-6-23(28(29,30)31)37-39(15)24-22(13-34-27(36-24)35-17-8-18(42-3)10-19(9-17)43-4)16-7-21(26(44-5)33-11-16)25(41)38-45-20(14-40)12-32-2/h6-14,32H,1-5H3,(H,38,41)(H,34,35,36)/b20-12+. The van der Waals surface area contributed by atoms with E-state index in [-0.39, 0.29) is 44.9 Å². The molecule has 1 aromatic carbocycles. The Kier molecular flexibility index (Phi) is 10.1. The van der Waals surface area contributed by atoms with Crippen molar-refractivity contribution in [2.45, 2.75) is 13.1 Å². The topological polar surface area (TPSA) is 154 Å². The lowest BCUT2D eigenvalue weighted by atomic mass is 10.1. The van der Waals surface area contributed by atoms with Gasteiger partial charge >= 0.3 is 6.18 Å². The van der Waals surface area contributed by atoms with Crippen molar-refractivity contribution in [1.82, 2.24) is 34.8 Å². The van der Waals surface area contributed by atoms with E-state index in [2.05, 4.69) is 35.4 Å². The van der Waals surface area contributed by atoms with E-state index in [4.69, 9.17) is 14.2 Å². The summed E-state index contributed by atoms with van der Waals surface area (Å²) in [7, 11) is 5.88. The van der Waals surface area contributed by atoms with Crippen LogP contribution in [0.3, 0.4) is 0 Å². The first-order chi connectivity index (χ1) is 21.5. The third kappa shape index (κ3) is 7.61. The normalized spacial score (nSPS) is 11.5. The van der Waals surface area contributed by atoms with E-state index in [1.807, 2.05) is 0 Å². The molecule has 4 aromatic rings. The van der Waals surface area contributed by atoms with Crippen molar-refractivity contribution in [3.05, 3.63) is 70.8 Å². The number of ether oxygens (including phenoxy) is 3. The Balaban J connectivity index is 1.83. The van der Waals surface area contributed by atoms with Gasteiger partial charge in [-0.25, -0.2) is 14.6 Å². The molecule has 45 heavy (non-hydrogen) atoms. The fourth-order valence-electron chi connectivity index (χ4n) is 3.95. The second-order valence-corrected chi connectivity index (χ2v) is 9.88. The molecular weight excluding hydrogens is 617 g/mol. The molecule has 0 saturated heterocycles. The largest absolute Gasteiger partial charge is 0.497 e. The lowest BCUT2D eigenvalue weighted by molar-refractivity contribution is -0.141. The Morgan fingerprint density at radius 2 is 1.71 bits per heavy atom. The number of allylic oxidation sites excluding steroid dienone is 1. The Morgan fingerprint density at radius 1 is 1.00 bits per heavy atom. The minimum Gasteiger partial charge on any atom is -0.497 e. The summed E-state index contributed by atoms with van der Waals surface area (Å²) >= 11 is 0.761. The zero-order valence-corrected chi connectivity index (χ0v) is 25.3. The van der Waals surface area contributed by atoms with Gasteiger partial charge in [-0.05, 0) is 31.0 Å². The number of nitrogens with one attached hydrogen (secondary N) is 3. The van der Waals surface area contributed by atoms with Crippen LogP contribution in [0.4, 0.5) is 24.8 Å². The number of hydrogen-bond acceptors (Lipinski definition) is 12. The number of anilines is 2. The molecule has 0 saturated carbocycles. The molecular formula is C28H27F3N8O5S. The predicted octanol–water partition coefficient (Wildman–Crippen LogP) is 4.46. The van der Waals surface area contributed by atoms with Crippen molar-refractivity contribution in [2.24, 2.45) is 0 Å². The highest BCUT2D eigenvalue weighted by Crippen LogP contribution is 2.34. The molecule has 0 spiro atoms. The maximum Gasteiger partial charge on any atom is 0.435 e. The highest BCUT2D eigenvalue weighted by atomic mass is 32.2. The van der Waals surface area contributed by atoms with Crippen molar-refractivity contribution in [2.75, 3.05) is 33.7 Å². The molecule has 13 nitrogen and oxygen atoms in total. The maximum atomic E-state index is 13.6. The van der Waals surface area contributed by atoms with Crippen molar-refractivity contribution < 1.29 is 37.0 Å². The number of amides is 1. The van der Waals surface area contributed by atoms with Crippen molar-refractivity contribution in [1.29, 1.82) is 0 Å². The monoisotopic (exact) mass is 644 g/mol. The number of methoxy groups -OCH3 is 3. The van der Waals surface area contributed by atoms with Crippen LogP contribution in [-0.4, -0.2) is 65.3 Å². The summed E-state index contributed by atoms with van der Waals surface area (Å²) in [6.07, 6.45) is -0.0566. The second-order valence-electron chi connectivity index (χ2n) is 9.01. The maximum absolute atomic E-state index is 13.6. The van der Waals surface area contributed by atoms with Crippen LogP contribution in [0.2, 0.25) is 0 Å². The lowest BCUT2D eigenvalue weighted by Crippen LogP contribution is -2.18. The summed E-state index contributed by atoms with van der Waals surface area (Å²) in [5.74, 6) is 0.231. The van der Waals surface area contributed by atoms with Crippen molar-refractivity contribution in [3.8, 4) is 34.3 Å². The number of benzene rings is 1. The van der Waals surface area contributed by atoms with E-state index in [0.717, 1.165) is 22.7 Å². The third-order valence-electron chi connectivity index (χ3n) is 6.02. The first-order valence-corrected chi connectivity index (χ1v) is 13.7.